The monoisotopic (exact) mass is 852 g/mol. The van der Waals surface area contributed by atoms with Gasteiger partial charge in [0.2, 0.25) is 5.91 Å². The lowest BCUT2D eigenvalue weighted by atomic mass is 9.94. The molecule has 1 amide bonds. The van der Waals surface area contributed by atoms with Gasteiger partial charge in [0.05, 0.1) is 38.6 Å². The highest BCUT2D eigenvalue weighted by Gasteiger charge is 2.57. The average Bonchev–Trinajstić information content (AvgIpc) is 3.19. The van der Waals surface area contributed by atoms with E-state index in [-0.39, 0.29) is 0 Å². The van der Waals surface area contributed by atoms with E-state index in [1.54, 1.807) is 0 Å². The van der Waals surface area contributed by atoms with Crippen LogP contribution >= 0.6 is 0 Å². The predicted molar refractivity (Wildman–Crippen MR) is 179 cm³/mol. The molecule has 0 spiro atoms. The molecule has 0 aromatic heterocycles. The van der Waals surface area contributed by atoms with Crippen molar-refractivity contribution in [2.24, 2.45) is 5.73 Å². The van der Waals surface area contributed by atoms with Crippen LogP contribution in [0.5, 0.6) is 0 Å². The minimum absolute atomic E-state index is 0.811. The maximum atomic E-state index is 12.6. The molecule has 17 N–H and O–H groups in total. The second-order valence-corrected chi connectivity index (χ2v) is 14.8. The molecule has 5 saturated heterocycles. The van der Waals surface area contributed by atoms with Crippen molar-refractivity contribution in [1.29, 1.82) is 0 Å². The Morgan fingerprint density at radius 3 is 1.57 bits per heavy atom. The van der Waals surface area contributed by atoms with E-state index in [2.05, 4.69) is 5.32 Å². The molecular weight excluding hydrogens is 796 g/mol. The van der Waals surface area contributed by atoms with Gasteiger partial charge in [-0.25, -0.2) is 0 Å². The van der Waals surface area contributed by atoms with E-state index in [4.69, 9.17) is 48.4 Å². The molecule has 5 heterocycles. The average molecular weight is 853 g/mol. The van der Waals surface area contributed by atoms with Crippen molar-refractivity contribution in [2.45, 2.75) is 167 Å². The lowest BCUT2D eigenvalue weighted by molar-refractivity contribution is -0.388. The van der Waals surface area contributed by atoms with Gasteiger partial charge in [-0.15, -0.1) is 0 Å². The zero-order valence-corrected chi connectivity index (χ0v) is 31.2. The van der Waals surface area contributed by atoms with E-state index in [1.165, 1.54) is 6.92 Å². The topological polar surface area (TPSA) is 421 Å². The molecule has 0 radical (unpaired) electrons. The molecule has 5 fully saturated rings. The molecular formula is C32H56N2O24. The van der Waals surface area contributed by atoms with Crippen molar-refractivity contribution in [2.75, 3.05) is 26.4 Å². The summed E-state index contributed by atoms with van der Waals surface area (Å²) in [5.74, 6) is -0.811. The number of hydrogen-bond donors (Lipinski definition) is 16. The Balaban J connectivity index is 1.44. The predicted octanol–water partition coefficient (Wildman–Crippen LogP) is -10.8. The second-order valence-electron chi connectivity index (χ2n) is 14.8. The number of aliphatic hydroxyl groups is 14. The van der Waals surface area contributed by atoms with Crippen LogP contribution in [0, 0.1) is 0 Å². The van der Waals surface area contributed by atoms with E-state index < -0.39 is 186 Å². The van der Waals surface area contributed by atoms with Gasteiger partial charge in [0.1, 0.15) is 110 Å². The summed E-state index contributed by atoms with van der Waals surface area (Å²) in [5, 5.41) is 150. The molecule has 0 saturated carbocycles. The van der Waals surface area contributed by atoms with Gasteiger partial charge in [-0.2, -0.15) is 0 Å². The fraction of sp³-hybridized carbons (Fsp3) is 0.969. The summed E-state index contributed by atoms with van der Waals surface area (Å²) in [7, 11) is 0. The molecule has 26 nitrogen and oxygen atoms in total. The molecule has 0 bridgehead atoms. The number of ether oxygens (including phenoxy) is 9. The van der Waals surface area contributed by atoms with Gasteiger partial charge < -0.3 is 125 Å². The smallest absolute Gasteiger partial charge is 0.217 e. The van der Waals surface area contributed by atoms with Gasteiger partial charge in [-0.3, -0.25) is 4.79 Å². The number of nitrogens with one attached hydrogen (secondary N) is 1. The van der Waals surface area contributed by atoms with Crippen LogP contribution in [0.4, 0.5) is 0 Å². The third-order valence-electron chi connectivity index (χ3n) is 10.8. The zero-order valence-electron chi connectivity index (χ0n) is 31.2. The highest BCUT2D eigenvalue weighted by molar-refractivity contribution is 5.73. The third kappa shape index (κ3) is 9.75. The summed E-state index contributed by atoms with van der Waals surface area (Å²) in [6, 6.07) is -3.16. The summed E-state index contributed by atoms with van der Waals surface area (Å²) >= 11 is 0. The minimum atomic E-state index is -2.06. The van der Waals surface area contributed by atoms with Crippen molar-refractivity contribution in [3.05, 3.63) is 0 Å². The number of amides is 1. The first kappa shape index (κ1) is 47.6. The lowest BCUT2D eigenvalue weighted by Crippen LogP contribution is -2.70. The van der Waals surface area contributed by atoms with Crippen LogP contribution in [0.2, 0.25) is 0 Å². The Morgan fingerprint density at radius 1 is 0.500 bits per heavy atom. The van der Waals surface area contributed by atoms with E-state index in [0.29, 0.717) is 0 Å². The molecule has 338 valence electrons. The van der Waals surface area contributed by atoms with Crippen molar-refractivity contribution < 1.29 is 119 Å². The second kappa shape index (κ2) is 20.1. The Kier molecular flexibility index (Phi) is 16.5. The summed E-state index contributed by atoms with van der Waals surface area (Å²) < 4.78 is 51.1. The van der Waals surface area contributed by atoms with Crippen molar-refractivity contribution in [3.8, 4) is 0 Å². The van der Waals surface area contributed by atoms with Crippen LogP contribution in [0.25, 0.3) is 0 Å². The molecule has 5 aliphatic heterocycles. The van der Waals surface area contributed by atoms with Crippen molar-refractivity contribution >= 4 is 5.91 Å². The number of carbonyl (C=O) groups is 1. The molecule has 25 atom stereocenters. The van der Waals surface area contributed by atoms with Crippen LogP contribution in [0.1, 0.15) is 13.8 Å². The molecule has 58 heavy (non-hydrogen) atoms. The standard InChI is InChI=1S/C32H56N2O24/c1-7-15(40)20(45)22(47)30(50-7)58-27-21(46)16(41)9(3-35)54-32(27)56-25-14(34-8(2)39)29(52-10(4-36)17(25)42)57-26-18(43)11(5-37)53-31(23(26)48)55-24-12(6-38)51-28(49)13(33)19(24)44/h7,9-32,35-38,40-49H,3-6,33H2,1-2H3,(H,34,39)/t7-,9+,10+,11+,12+,13+,14+,15+,16-,17+,18-,19+,20+,21-,22-,23+,24+,25+,26-,27+,28+,29-,30-,31-,32-/m0/s1. The molecule has 0 aromatic rings. The molecule has 0 aliphatic carbocycles. The van der Waals surface area contributed by atoms with Crippen LogP contribution < -0.4 is 11.1 Å². The highest BCUT2D eigenvalue weighted by Crippen LogP contribution is 2.36. The summed E-state index contributed by atoms with van der Waals surface area (Å²) in [6.07, 6.45) is -40.5. The van der Waals surface area contributed by atoms with E-state index >= 15 is 0 Å². The number of carbonyl (C=O) groups excluding carboxylic acids is 1. The zero-order chi connectivity index (χ0) is 42.9. The Bertz CT molecular complexity index is 1310. The van der Waals surface area contributed by atoms with Gasteiger partial charge >= 0.3 is 0 Å². The van der Waals surface area contributed by atoms with Crippen molar-refractivity contribution in [3.63, 3.8) is 0 Å². The quantitative estimate of drug-likeness (QED) is 0.0818. The van der Waals surface area contributed by atoms with E-state index in [0.717, 1.165) is 6.92 Å². The first-order valence-corrected chi connectivity index (χ1v) is 18.5. The number of rotatable bonds is 13. The lowest BCUT2D eigenvalue weighted by Gasteiger charge is -2.50. The molecule has 26 heteroatoms. The first-order valence-electron chi connectivity index (χ1n) is 18.5. The largest absolute Gasteiger partial charge is 0.394 e. The maximum Gasteiger partial charge on any atom is 0.217 e. The Hall–Kier alpha value is -1.49. The van der Waals surface area contributed by atoms with Gasteiger partial charge in [0.25, 0.3) is 0 Å². The molecule has 0 aromatic carbocycles. The first-order chi connectivity index (χ1) is 27.4. The number of hydrogen-bond acceptors (Lipinski definition) is 25. The van der Waals surface area contributed by atoms with Crippen LogP contribution in [-0.4, -0.2) is 257 Å². The van der Waals surface area contributed by atoms with Crippen LogP contribution in [0.3, 0.4) is 0 Å². The summed E-state index contributed by atoms with van der Waals surface area (Å²) in [6.45, 7) is -1.23. The SMILES string of the molecule is CC(=O)N[C@H]1[C@H](O[C@H]2[C@@H](O)[C@@H](CO)O[C@@H](O[C@H]3[C@H](O)[C@@H](N)[C@H](O)O[C@@H]3CO)[C@@H]2O)O[C@H](CO)[C@@H](O)[C@@H]1O[C@@H]1O[C@H](CO)[C@H](O)[C@H](O)[C@H]1O[C@@H]1O[C@@H](C)[C@@H](O)[C@@H](O)[C@@H]1O. The van der Waals surface area contributed by atoms with Gasteiger partial charge in [0.15, 0.2) is 31.5 Å². The van der Waals surface area contributed by atoms with E-state index in [9.17, 15) is 76.3 Å². The third-order valence-corrected chi connectivity index (χ3v) is 10.8. The molecule has 5 rings (SSSR count). The van der Waals surface area contributed by atoms with Gasteiger partial charge in [-0.1, -0.05) is 0 Å². The fourth-order valence-electron chi connectivity index (χ4n) is 7.39. The highest BCUT2D eigenvalue weighted by atomic mass is 16.8. The van der Waals surface area contributed by atoms with Gasteiger partial charge in [0, 0.05) is 6.92 Å². The summed E-state index contributed by atoms with van der Waals surface area (Å²) in [5.41, 5.74) is 5.78. The fourth-order valence-corrected chi connectivity index (χ4v) is 7.39. The number of aliphatic hydroxyl groups excluding tert-OH is 14. The number of nitrogens with two attached hydrogens (primary N) is 1. The Labute approximate surface area is 329 Å². The molecule has 5 aliphatic rings. The Morgan fingerprint density at radius 2 is 0.983 bits per heavy atom. The maximum absolute atomic E-state index is 12.6. The van der Waals surface area contributed by atoms with Gasteiger partial charge in [-0.05, 0) is 6.92 Å². The van der Waals surface area contributed by atoms with Crippen LogP contribution in [0.15, 0.2) is 0 Å². The molecule has 0 unspecified atom stereocenters. The normalized spacial score (nSPS) is 51.6. The minimum Gasteiger partial charge on any atom is -0.394 e. The van der Waals surface area contributed by atoms with Crippen LogP contribution in [-0.2, 0) is 47.4 Å². The summed E-state index contributed by atoms with van der Waals surface area (Å²) in [4.78, 5) is 12.6. The van der Waals surface area contributed by atoms with E-state index in [1.807, 2.05) is 0 Å². The van der Waals surface area contributed by atoms with Crippen molar-refractivity contribution in [1.82, 2.24) is 5.32 Å².